The highest BCUT2D eigenvalue weighted by atomic mass is 127. The monoisotopic (exact) mass is 552 g/mol. The average Bonchev–Trinajstić information content (AvgIpc) is 3.21. The quantitative estimate of drug-likeness (QED) is 0.264. The number of sulfone groups is 1. The Balaban J connectivity index is 0.00000450. The third-order valence-corrected chi connectivity index (χ3v) is 6.11. The van der Waals surface area contributed by atoms with Crippen molar-refractivity contribution in [2.24, 2.45) is 4.99 Å². The van der Waals surface area contributed by atoms with E-state index in [9.17, 15) is 8.42 Å². The Morgan fingerprint density at radius 2 is 2.00 bits per heavy atom. The Morgan fingerprint density at radius 3 is 2.60 bits per heavy atom. The van der Waals surface area contributed by atoms with Crippen LogP contribution in [0.15, 0.2) is 29.3 Å². The number of ether oxygens (including phenoxy) is 1. The molecule has 172 valence electrons. The van der Waals surface area contributed by atoms with E-state index in [1.807, 2.05) is 26.0 Å². The minimum Gasteiger partial charge on any atom is -0.497 e. The molecule has 2 atom stereocenters. The van der Waals surface area contributed by atoms with Crippen LogP contribution in [0, 0.1) is 0 Å². The second kappa shape index (κ2) is 13.4. The summed E-state index contributed by atoms with van der Waals surface area (Å²) in [4.78, 5) is 7.32. The predicted molar refractivity (Wildman–Crippen MR) is 135 cm³/mol. The van der Waals surface area contributed by atoms with Crippen molar-refractivity contribution < 1.29 is 13.2 Å². The number of guanidine groups is 1. The van der Waals surface area contributed by atoms with Gasteiger partial charge in [0, 0.05) is 18.8 Å². The number of nitrogens with one attached hydrogen (secondary N) is 2. The zero-order valence-electron chi connectivity index (χ0n) is 18.6. The van der Waals surface area contributed by atoms with Gasteiger partial charge in [-0.3, -0.25) is 9.89 Å². The van der Waals surface area contributed by atoms with E-state index in [-0.39, 0.29) is 41.8 Å². The number of benzene rings is 1. The minimum absolute atomic E-state index is 0. The Kier molecular flexibility index (Phi) is 12.0. The van der Waals surface area contributed by atoms with Crippen molar-refractivity contribution in [3.8, 4) is 5.75 Å². The molecule has 0 amide bonds. The molecule has 2 unspecified atom stereocenters. The summed E-state index contributed by atoms with van der Waals surface area (Å²) in [7, 11) is -1.28. The molecule has 1 aliphatic heterocycles. The topological polar surface area (TPSA) is 83.0 Å². The first-order valence-electron chi connectivity index (χ1n) is 10.4. The maximum absolute atomic E-state index is 11.4. The Labute approximate surface area is 199 Å². The van der Waals surface area contributed by atoms with E-state index < -0.39 is 9.84 Å². The number of nitrogens with zero attached hydrogens (tertiary/aromatic N) is 2. The van der Waals surface area contributed by atoms with Gasteiger partial charge in [-0.15, -0.1) is 24.0 Å². The summed E-state index contributed by atoms with van der Waals surface area (Å²) in [6.07, 6.45) is 4.25. The fourth-order valence-corrected chi connectivity index (χ4v) is 4.31. The second-order valence-electron chi connectivity index (χ2n) is 7.72. The Morgan fingerprint density at radius 1 is 1.30 bits per heavy atom. The lowest BCUT2D eigenvalue weighted by molar-refractivity contribution is 0.251. The molecular weight excluding hydrogens is 515 g/mol. The van der Waals surface area contributed by atoms with Crippen molar-refractivity contribution in [2.45, 2.75) is 45.2 Å². The van der Waals surface area contributed by atoms with Crippen LogP contribution >= 0.6 is 24.0 Å². The first kappa shape index (κ1) is 27.0. The van der Waals surface area contributed by atoms with Gasteiger partial charge >= 0.3 is 0 Å². The molecule has 1 aliphatic rings. The summed E-state index contributed by atoms with van der Waals surface area (Å²) in [5.74, 6) is 1.75. The molecule has 0 aliphatic carbocycles. The fourth-order valence-electron chi connectivity index (χ4n) is 3.53. The highest BCUT2D eigenvalue weighted by Crippen LogP contribution is 2.27. The van der Waals surface area contributed by atoms with E-state index in [0.29, 0.717) is 13.0 Å². The molecule has 2 rings (SSSR count). The van der Waals surface area contributed by atoms with Gasteiger partial charge in [0.15, 0.2) is 5.96 Å². The number of rotatable bonds is 10. The number of aliphatic imine (C=N–C) groups is 1. The molecule has 30 heavy (non-hydrogen) atoms. The fraction of sp³-hybridized carbons (Fsp3) is 0.667. The first-order chi connectivity index (χ1) is 13.8. The van der Waals surface area contributed by atoms with Gasteiger partial charge in [-0.25, -0.2) is 8.42 Å². The second-order valence-corrected chi connectivity index (χ2v) is 9.98. The minimum atomic E-state index is -2.97. The zero-order valence-corrected chi connectivity index (χ0v) is 21.7. The highest BCUT2D eigenvalue weighted by Gasteiger charge is 2.24. The lowest BCUT2D eigenvalue weighted by atomic mass is 10.1. The van der Waals surface area contributed by atoms with Gasteiger partial charge < -0.3 is 15.4 Å². The summed E-state index contributed by atoms with van der Waals surface area (Å²) in [6, 6.07) is 8.42. The summed E-state index contributed by atoms with van der Waals surface area (Å²) in [5.41, 5.74) is 1.20. The van der Waals surface area contributed by atoms with Crippen LogP contribution in [-0.2, 0) is 9.84 Å². The van der Waals surface area contributed by atoms with Gasteiger partial charge in [-0.05, 0) is 63.9 Å². The maximum atomic E-state index is 11.4. The molecule has 1 fully saturated rings. The smallest absolute Gasteiger partial charge is 0.191 e. The van der Waals surface area contributed by atoms with E-state index in [1.54, 1.807) is 7.11 Å². The van der Waals surface area contributed by atoms with Crippen LogP contribution in [-0.4, -0.2) is 70.6 Å². The molecule has 1 saturated heterocycles. The number of hydrogen-bond donors (Lipinski definition) is 2. The first-order valence-corrected chi connectivity index (χ1v) is 12.5. The van der Waals surface area contributed by atoms with Crippen LogP contribution in [0.1, 0.15) is 44.7 Å². The Hall–Kier alpha value is -1.07. The zero-order chi connectivity index (χ0) is 21.3. The van der Waals surface area contributed by atoms with Crippen LogP contribution in [0.2, 0.25) is 0 Å². The van der Waals surface area contributed by atoms with E-state index >= 15 is 0 Å². The van der Waals surface area contributed by atoms with E-state index in [4.69, 9.17) is 9.73 Å². The molecular formula is C21H37IN4O3S. The summed E-state index contributed by atoms with van der Waals surface area (Å²) in [5, 5.41) is 6.62. The molecule has 2 N–H and O–H groups in total. The summed E-state index contributed by atoms with van der Waals surface area (Å²) >= 11 is 0. The molecule has 0 radical (unpaired) electrons. The number of hydrogen-bond acceptors (Lipinski definition) is 5. The van der Waals surface area contributed by atoms with Gasteiger partial charge in [0.05, 0.1) is 25.4 Å². The molecule has 0 spiro atoms. The molecule has 1 aromatic rings. The van der Waals surface area contributed by atoms with Gasteiger partial charge in [-0.2, -0.15) is 0 Å². The van der Waals surface area contributed by atoms with Crippen molar-refractivity contribution in [3.63, 3.8) is 0 Å². The SMILES string of the molecule is CCNC(=NCC(c1cccc(OC)c1)N1CCCC1)NC(C)CCS(C)(=O)=O.I. The molecule has 7 nitrogen and oxygen atoms in total. The standard InChI is InChI=1S/C21H36N4O3S.HI/c1-5-22-21(24-17(2)11-14-29(4,26)27)23-16-20(25-12-6-7-13-25)18-9-8-10-19(15-18)28-3;/h8-10,15,17,20H,5-7,11-14,16H2,1-4H3,(H2,22,23,24);1H. The van der Waals surface area contributed by atoms with Crippen LogP contribution in [0.5, 0.6) is 5.75 Å². The maximum Gasteiger partial charge on any atom is 0.191 e. The largest absolute Gasteiger partial charge is 0.497 e. The van der Waals surface area contributed by atoms with E-state index in [0.717, 1.165) is 31.3 Å². The van der Waals surface area contributed by atoms with Crippen LogP contribution in [0.25, 0.3) is 0 Å². The normalized spacial score (nSPS) is 17.1. The highest BCUT2D eigenvalue weighted by molar-refractivity contribution is 14.0. The molecule has 9 heteroatoms. The molecule has 1 aromatic carbocycles. The van der Waals surface area contributed by atoms with Crippen LogP contribution < -0.4 is 15.4 Å². The van der Waals surface area contributed by atoms with Crippen molar-refractivity contribution in [2.75, 3.05) is 45.3 Å². The van der Waals surface area contributed by atoms with Crippen molar-refractivity contribution >= 4 is 39.8 Å². The van der Waals surface area contributed by atoms with E-state index in [2.05, 4.69) is 27.7 Å². The van der Waals surface area contributed by atoms with Crippen LogP contribution in [0.3, 0.4) is 0 Å². The molecule has 0 bridgehead atoms. The van der Waals surface area contributed by atoms with Crippen molar-refractivity contribution in [1.29, 1.82) is 0 Å². The molecule has 0 saturated carbocycles. The van der Waals surface area contributed by atoms with Crippen molar-refractivity contribution in [3.05, 3.63) is 29.8 Å². The van der Waals surface area contributed by atoms with Gasteiger partial charge in [0.25, 0.3) is 0 Å². The molecule has 0 aromatic heterocycles. The number of likely N-dealkylation sites (tertiary alicyclic amines) is 1. The predicted octanol–water partition coefficient (Wildman–Crippen LogP) is 2.83. The van der Waals surface area contributed by atoms with Gasteiger partial charge in [0.2, 0.25) is 0 Å². The third kappa shape index (κ3) is 9.38. The van der Waals surface area contributed by atoms with E-state index in [1.165, 1.54) is 24.7 Å². The summed E-state index contributed by atoms with van der Waals surface area (Å²) < 4.78 is 28.3. The number of halogens is 1. The van der Waals surface area contributed by atoms with Gasteiger partial charge in [-0.1, -0.05) is 12.1 Å². The third-order valence-electron chi connectivity index (χ3n) is 5.13. The number of methoxy groups -OCH3 is 1. The van der Waals surface area contributed by atoms with Crippen molar-refractivity contribution in [1.82, 2.24) is 15.5 Å². The summed E-state index contributed by atoms with van der Waals surface area (Å²) in [6.45, 7) is 7.54. The van der Waals surface area contributed by atoms with Gasteiger partial charge in [0.1, 0.15) is 15.6 Å². The average molecular weight is 553 g/mol. The molecule has 1 heterocycles. The lowest BCUT2D eigenvalue weighted by Gasteiger charge is -2.27. The Bertz CT molecular complexity index is 767. The van der Waals surface area contributed by atoms with Crippen LogP contribution in [0.4, 0.5) is 0 Å². The lowest BCUT2D eigenvalue weighted by Crippen LogP contribution is -2.43.